The van der Waals surface area contributed by atoms with Crippen molar-refractivity contribution in [1.82, 2.24) is 5.32 Å². The van der Waals surface area contributed by atoms with Gasteiger partial charge in [0, 0.05) is 6.04 Å². The molecule has 0 saturated heterocycles. The zero-order chi connectivity index (χ0) is 12.2. The van der Waals surface area contributed by atoms with Gasteiger partial charge in [0.05, 0.1) is 0 Å². The third-order valence-electron chi connectivity index (χ3n) is 2.77. The van der Waals surface area contributed by atoms with Gasteiger partial charge in [0.2, 0.25) is 0 Å². The molecule has 1 fully saturated rings. The number of rotatable bonds is 2. The Balaban J connectivity index is 2.36. The highest BCUT2D eigenvalue weighted by atomic mass is 16.6. The van der Waals surface area contributed by atoms with Crippen molar-refractivity contribution < 1.29 is 9.53 Å². The molecule has 3 nitrogen and oxygen atoms in total. The minimum atomic E-state index is -0.420. The molecule has 1 amide bonds. The van der Waals surface area contributed by atoms with E-state index < -0.39 is 5.60 Å². The van der Waals surface area contributed by atoms with E-state index in [2.05, 4.69) is 11.9 Å². The van der Waals surface area contributed by atoms with Gasteiger partial charge in [-0.2, -0.15) is 0 Å². The van der Waals surface area contributed by atoms with Gasteiger partial charge in [-0.1, -0.05) is 12.5 Å². The molecule has 0 aliphatic heterocycles. The summed E-state index contributed by atoms with van der Waals surface area (Å²) in [6.45, 7) is 9.44. The van der Waals surface area contributed by atoms with Crippen LogP contribution in [0.1, 0.15) is 46.5 Å². The number of hydrogen-bond acceptors (Lipinski definition) is 2. The summed E-state index contributed by atoms with van der Waals surface area (Å²) < 4.78 is 5.23. The van der Waals surface area contributed by atoms with Gasteiger partial charge in [-0.15, -0.1) is 6.58 Å². The molecule has 0 aromatic carbocycles. The SMILES string of the molecule is C=C[C@H]1CCC[C@@H](NC(=O)OC(C)(C)C)C1. The summed E-state index contributed by atoms with van der Waals surface area (Å²) in [7, 11) is 0. The predicted octanol–water partition coefficient (Wildman–Crippen LogP) is 3.26. The summed E-state index contributed by atoms with van der Waals surface area (Å²) in [5.41, 5.74) is -0.420. The van der Waals surface area contributed by atoms with Crippen molar-refractivity contribution in [1.29, 1.82) is 0 Å². The summed E-state index contributed by atoms with van der Waals surface area (Å²) in [6, 6.07) is 0.242. The van der Waals surface area contributed by atoms with Gasteiger partial charge in [-0.3, -0.25) is 0 Å². The molecule has 2 atom stereocenters. The second-order valence-corrected chi connectivity index (χ2v) is 5.51. The molecule has 0 bridgehead atoms. The highest BCUT2D eigenvalue weighted by Crippen LogP contribution is 2.25. The zero-order valence-corrected chi connectivity index (χ0v) is 10.6. The van der Waals surface area contributed by atoms with Gasteiger partial charge in [-0.05, 0) is 46.0 Å². The van der Waals surface area contributed by atoms with Crippen LogP contribution in [0, 0.1) is 5.92 Å². The van der Waals surface area contributed by atoms with E-state index in [4.69, 9.17) is 4.74 Å². The number of carbonyl (C=O) groups excluding carboxylic acids is 1. The van der Waals surface area contributed by atoms with Gasteiger partial charge >= 0.3 is 6.09 Å². The standard InChI is InChI=1S/C13H23NO2/c1-5-10-7-6-8-11(9-10)14-12(15)16-13(2,3)4/h5,10-11H,1,6-9H2,2-4H3,(H,14,15)/t10-,11+/m0/s1. The van der Waals surface area contributed by atoms with E-state index in [1.165, 1.54) is 6.42 Å². The lowest BCUT2D eigenvalue weighted by atomic mass is 9.86. The van der Waals surface area contributed by atoms with Crippen molar-refractivity contribution in [2.75, 3.05) is 0 Å². The van der Waals surface area contributed by atoms with Crippen LogP contribution < -0.4 is 5.32 Å². The summed E-state index contributed by atoms with van der Waals surface area (Å²) in [4.78, 5) is 11.6. The van der Waals surface area contributed by atoms with Gasteiger partial charge in [-0.25, -0.2) is 4.79 Å². The number of amides is 1. The smallest absolute Gasteiger partial charge is 0.407 e. The number of hydrogen-bond donors (Lipinski definition) is 1. The third-order valence-corrected chi connectivity index (χ3v) is 2.77. The van der Waals surface area contributed by atoms with E-state index >= 15 is 0 Å². The largest absolute Gasteiger partial charge is 0.444 e. The third kappa shape index (κ3) is 4.69. The van der Waals surface area contributed by atoms with Gasteiger partial charge < -0.3 is 10.1 Å². The molecule has 1 aliphatic carbocycles. The van der Waals surface area contributed by atoms with Gasteiger partial charge in [0.25, 0.3) is 0 Å². The number of carbonyl (C=O) groups is 1. The van der Waals surface area contributed by atoms with Crippen LogP contribution in [-0.4, -0.2) is 17.7 Å². The Labute approximate surface area is 98.2 Å². The molecular weight excluding hydrogens is 202 g/mol. The number of ether oxygens (including phenoxy) is 1. The van der Waals surface area contributed by atoms with E-state index in [1.54, 1.807) is 0 Å². The summed E-state index contributed by atoms with van der Waals surface area (Å²) in [5.74, 6) is 0.536. The van der Waals surface area contributed by atoms with E-state index in [9.17, 15) is 4.79 Å². The van der Waals surface area contributed by atoms with Crippen LogP contribution in [0.25, 0.3) is 0 Å². The number of alkyl carbamates (subject to hydrolysis) is 1. The van der Waals surface area contributed by atoms with Crippen LogP contribution in [0.3, 0.4) is 0 Å². The van der Waals surface area contributed by atoms with Crippen molar-refractivity contribution in [2.24, 2.45) is 5.92 Å². The fourth-order valence-electron chi connectivity index (χ4n) is 2.05. The number of nitrogens with one attached hydrogen (secondary N) is 1. The molecule has 1 N–H and O–H groups in total. The van der Waals surface area contributed by atoms with Crippen LogP contribution in [0.15, 0.2) is 12.7 Å². The first-order chi connectivity index (χ1) is 7.40. The monoisotopic (exact) mass is 225 g/mol. The second kappa shape index (κ2) is 5.37. The first-order valence-corrected chi connectivity index (χ1v) is 6.03. The summed E-state index contributed by atoms with van der Waals surface area (Å²) >= 11 is 0. The van der Waals surface area contributed by atoms with Gasteiger partial charge in [0.15, 0.2) is 0 Å². The molecule has 1 aliphatic rings. The van der Waals surface area contributed by atoms with Crippen molar-refractivity contribution in [3.05, 3.63) is 12.7 Å². The molecule has 1 saturated carbocycles. The van der Waals surface area contributed by atoms with E-state index in [-0.39, 0.29) is 12.1 Å². The molecule has 16 heavy (non-hydrogen) atoms. The maximum absolute atomic E-state index is 11.6. The van der Waals surface area contributed by atoms with Crippen LogP contribution in [0.2, 0.25) is 0 Å². The van der Waals surface area contributed by atoms with E-state index in [0.717, 1.165) is 19.3 Å². The Morgan fingerprint density at radius 3 is 2.69 bits per heavy atom. The molecule has 3 heteroatoms. The quantitative estimate of drug-likeness (QED) is 0.732. The lowest BCUT2D eigenvalue weighted by Crippen LogP contribution is -2.41. The fraction of sp³-hybridized carbons (Fsp3) is 0.769. The highest BCUT2D eigenvalue weighted by Gasteiger charge is 2.23. The van der Waals surface area contributed by atoms with Crippen molar-refractivity contribution in [3.63, 3.8) is 0 Å². The van der Waals surface area contributed by atoms with E-state index in [1.807, 2.05) is 26.8 Å². The normalized spacial score (nSPS) is 25.9. The molecule has 92 valence electrons. The molecule has 0 spiro atoms. The number of allylic oxidation sites excluding steroid dienone is 1. The van der Waals surface area contributed by atoms with Crippen molar-refractivity contribution in [3.8, 4) is 0 Å². The maximum Gasteiger partial charge on any atom is 0.407 e. The Kier molecular flexibility index (Phi) is 4.39. The Morgan fingerprint density at radius 2 is 2.12 bits per heavy atom. The summed E-state index contributed by atoms with van der Waals surface area (Å²) in [6.07, 6.45) is 6.06. The van der Waals surface area contributed by atoms with Crippen LogP contribution in [0.4, 0.5) is 4.79 Å². The molecule has 0 radical (unpaired) electrons. The van der Waals surface area contributed by atoms with Crippen molar-refractivity contribution >= 4 is 6.09 Å². The topological polar surface area (TPSA) is 38.3 Å². The average molecular weight is 225 g/mol. The lowest BCUT2D eigenvalue weighted by molar-refractivity contribution is 0.0488. The van der Waals surface area contributed by atoms with Crippen LogP contribution in [0.5, 0.6) is 0 Å². The Hall–Kier alpha value is -0.990. The summed E-state index contributed by atoms with van der Waals surface area (Å²) in [5, 5.41) is 2.93. The highest BCUT2D eigenvalue weighted by molar-refractivity contribution is 5.68. The molecule has 1 rings (SSSR count). The molecule has 0 heterocycles. The fourth-order valence-corrected chi connectivity index (χ4v) is 2.05. The van der Waals surface area contributed by atoms with Crippen LogP contribution >= 0.6 is 0 Å². The minimum absolute atomic E-state index is 0.242. The molecule has 0 aromatic rings. The first kappa shape index (κ1) is 13.1. The van der Waals surface area contributed by atoms with Gasteiger partial charge in [0.1, 0.15) is 5.60 Å². The maximum atomic E-state index is 11.6. The molecule has 0 unspecified atom stereocenters. The minimum Gasteiger partial charge on any atom is -0.444 e. The van der Waals surface area contributed by atoms with E-state index in [0.29, 0.717) is 5.92 Å². The Morgan fingerprint density at radius 1 is 1.44 bits per heavy atom. The van der Waals surface area contributed by atoms with Crippen molar-refractivity contribution in [2.45, 2.75) is 58.1 Å². The lowest BCUT2D eigenvalue weighted by Gasteiger charge is -2.29. The first-order valence-electron chi connectivity index (χ1n) is 6.03. The molecular formula is C13H23NO2. The molecule has 0 aromatic heterocycles. The van der Waals surface area contributed by atoms with Crippen LogP contribution in [-0.2, 0) is 4.74 Å². The average Bonchev–Trinajstić information content (AvgIpc) is 2.15. The predicted molar refractivity (Wildman–Crippen MR) is 65.3 cm³/mol. The second-order valence-electron chi connectivity index (χ2n) is 5.51. The Bertz CT molecular complexity index is 255. The zero-order valence-electron chi connectivity index (χ0n) is 10.6.